The third-order valence-corrected chi connectivity index (χ3v) is 2.60. The van der Waals surface area contributed by atoms with Crippen molar-refractivity contribution in [1.29, 1.82) is 0 Å². The van der Waals surface area contributed by atoms with Gasteiger partial charge in [-0.3, -0.25) is 4.79 Å². The molecule has 1 aromatic rings. The molecule has 0 bridgehead atoms. The smallest absolute Gasteiger partial charge is 0.323 e. The van der Waals surface area contributed by atoms with Crippen molar-refractivity contribution in [2.24, 2.45) is 0 Å². The SMILES string of the molecule is CCCN(CC(=O)O)C(=O)Nc1cc(F)c(C)cc1F. The van der Waals surface area contributed by atoms with Crippen LogP contribution in [0.15, 0.2) is 12.1 Å². The Labute approximate surface area is 115 Å². The summed E-state index contributed by atoms with van der Waals surface area (Å²) in [4.78, 5) is 23.5. The summed E-state index contributed by atoms with van der Waals surface area (Å²) in [5.74, 6) is -2.60. The minimum atomic E-state index is -1.18. The lowest BCUT2D eigenvalue weighted by Gasteiger charge is -2.20. The number of benzene rings is 1. The molecule has 2 N–H and O–H groups in total. The molecule has 1 rings (SSSR count). The van der Waals surface area contributed by atoms with E-state index in [4.69, 9.17) is 5.11 Å². The van der Waals surface area contributed by atoms with E-state index in [-0.39, 0.29) is 17.8 Å². The van der Waals surface area contributed by atoms with Crippen LogP contribution in [0.5, 0.6) is 0 Å². The quantitative estimate of drug-likeness (QED) is 0.874. The minimum Gasteiger partial charge on any atom is -0.480 e. The molecule has 0 heterocycles. The minimum absolute atomic E-state index is 0.122. The summed E-state index contributed by atoms with van der Waals surface area (Å²) in [6.07, 6.45) is 0.547. The molecule has 0 radical (unpaired) electrons. The molecule has 0 atom stereocenters. The van der Waals surface area contributed by atoms with Gasteiger partial charge in [0, 0.05) is 12.6 Å². The first-order valence-corrected chi connectivity index (χ1v) is 6.08. The lowest BCUT2D eigenvalue weighted by Crippen LogP contribution is -2.39. The van der Waals surface area contributed by atoms with Gasteiger partial charge in [-0.1, -0.05) is 6.92 Å². The first-order chi connectivity index (χ1) is 9.35. The van der Waals surface area contributed by atoms with Crippen LogP contribution in [-0.2, 0) is 4.79 Å². The maximum Gasteiger partial charge on any atom is 0.323 e. The number of hydrogen-bond donors (Lipinski definition) is 2. The Morgan fingerprint density at radius 1 is 1.30 bits per heavy atom. The highest BCUT2D eigenvalue weighted by molar-refractivity contribution is 5.91. The first kappa shape index (κ1) is 15.9. The second kappa shape index (κ2) is 6.83. The average molecular weight is 286 g/mol. The Morgan fingerprint density at radius 3 is 2.50 bits per heavy atom. The van der Waals surface area contributed by atoms with Crippen LogP contribution in [0.3, 0.4) is 0 Å². The number of nitrogens with one attached hydrogen (secondary N) is 1. The van der Waals surface area contributed by atoms with Crippen LogP contribution in [0.1, 0.15) is 18.9 Å². The maximum absolute atomic E-state index is 13.6. The number of aryl methyl sites for hydroxylation is 1. The third kappa shape index (κ3) is 4.18. The fraction of sp³-hybridized carbons (Fsp3) is 0.385. The Morgan fingerprint density at radius 2 is 1.95 bits per heavy atom. The van der Waals surface area contributed by atoms with Gasteiger partial charge in [0.1, 0.15) is 18.2 Å². The number of anilines is 1. The number of carboxylic acids is 1. The second-order valence-corrected chi connectivity index (χ2v) is 4.33. The topological polar surface area (TPSA) is 69.6 Å². The van der Waals surface area contributed by atoms with Crippen LogP contribution < -0.4 is 5.32 Å². The molecule has 1 aromatic carbocycles. The lowest BCUT2D eigenvalue weighted by molar-refractivity contribution is -0.137. The normalized spacial score (nSPS) is 10.2. The number of hydrogen-bond acceptors (Lipinski definition) is 2. The molecule has 0 aliphatic heterocycles. The molecule has 0 aromatic heterocycles. The summed E-state index contributed by atoms with van der Waals surface area (Å²) in [7, 11) is 0. The molecule has 0 fully saturated rings. The fourth-order valence-electron chi connectivity index (χ4n) is 1.62. The number of halogens is 2. The van der Waals surface area contributed by atoms with Gasteiger partial charge in [0.05, 0.1) is 5.69 Å². The highest BCUT2D eigenvalue weighted by Gasteiger charge is 2.18. The summed E-state index contributed by atoms with van der Waals surface area (Å²) < 4.78 is 26.9. The summed E-state index contributed by atoms with van der Waals surface area (Å²) in [6.45, 7) is 2.87. The van der Waals surface area contributed by atoms with Crippen LogP contribution in [0.4, 0.5) is 19.3 Å². The highest BCUT2D eigenvalue weighted by Crippen LogP contribution is 2.19. The van der Waals surface area contributed by atoms with Gasteiger partial charge in [0.15, 0.2) is 0 Å². The number of urea groups is 1. The number of carboxylic acid groups (broad SMARTS) is 1. The Hall–Kier alpha value is -2.18. The molecular weight excluding hydrogens is 270 g/mol. The van der Waals surface area contributed by atoms with Crippen LogP contribution in [0.25, 0.3) is 0 Å². The van der Waals surface area contributed by atoms with Crippen molar-refractivity contribution in [3.8, 4) is 0 Å². The largest absolute Gasteiger partial charge is 0.480 e. The zero-order valence-corrected chi connectivity index (χ0v) is 11.2. The van der Waals surface area contributed by atoms with E-state index in [2.05, 4.69) is 5.32 Å². The zero-order valence-electron chi connectivity index (χ0n) is 11.2. The van der Waals surface area contributed by atoms with Gasteiger partial charge >= 0.3 is 12.0 Å². The van der Waals surface area contributed by atoms with E-state index in [1.807, 2.05) is 0 Å². The lowest BCUT2D eigenvalue weighted by atomic mass is 10.2. The molecule has 2 amide bonds. The van der Waals surface area contributed by atoms with Gasteiger partial charge in [0.25, 0.3) is 0 Å². The van der Waals surface area contributed by atoms with Gasteiger partial charge < -0.3 is 15.3 Å². The monoisotopic (exact) mass is 286 g/mol. The summed E-state index contributed by atoms with van der Waals surface area (Å²) in [6, 6.07) is 1.05. The van der Waals surface area contributed by atoms with Gasteiger partial charge in [0.2, 0.25) is 0 Å². The molecule has 0 aliphatic rings. The molecule has 0 saturated carbocycles. The maximum atomic E-state index is 13.6. The van der Waals surface area contributed by atoms with Crippen LogP contribution in [-0.4, -0.2) is 35.1 Å². The zero-order chi connectivity index (χ0) is 15.3. The molecule has 110 valence electrons. The van der Waals surface area contributed by atoms with Crippen molar-refractivity contribution in [3.63, 3.8) is 0 Å². The average Bonchev–Trinajstić information content (AvgIpc) is 2.34. The molecular formula is C13H16F2N2O3. The van der Waals surface area contributed by atoms with Gasteiger partial charge in [-0.15, -0.1) is 0 Å². The molecule has 0 spiro atoms. The number of nitrogens with zero attached hydrogens (tertiary/aromatic N) is 1. The number of carbonyl (C=O) groups is 2. The molecule has 5 nitrogen and oxygen atoms in total. The van der Waals surface area contributed by atoms with Gasteiger partial charge in [-0.2, -0.15) is 0 Å². The molecule has 20 heavy (non-hydrogen) atoms. The van der Waals surface area contributed by atoms with Crippen molar-refractivity contribution in [2.45, 2.75) is 20.3 Å². The Balaban J connectivity index is 2.87. The summed E-state index contributed by atoms with van der Waals surface area (Å²) >= 11 is 0. The van der Waals surface area contributed by atoms with Crippen LogP contribution in [0, 0.1) is 18.6 Å². The predicted octanol–water partition coefficient (Wildman–Crippen LogP) is 2.60. The van der Waals surface area contributed by atoms with Crippen LogP contribution in [0.2, 0.25) is 0 Å². The summed E-state index contributed by atoms with van der Waals surface area (Å²) in [5, 5.41) is 10.9. The molecule has 0 aliphatic carbocycles. The standard InChI is InChI=1S/C13H16F2N2O3/c1-3-4-17(7-12(18)19)13(20)16-11-6-9(14)8(2)5-10(11)15/h5-6H,3-4,7H2,1-2H3,(H,16,20)(H,18,19). The van der Waals surface area contributed by atoms with Crippen molar-refractivity contribution in [1.82, 2.24) is 4.90 Å². The Bertz CT molecular complexity index is 521. The van der Waals surface area contributed by atoms with E-state index in [0.29, 0.717) is 6.42 Å². The first-order valence-electron chi connectivity index (χ1n) is 6.08. The van der Waals surface area contributed by atoms with E-state index in [1.54, 1.807) is 6.92 Å². The van der Waals surface area contributed by atoms with E-state index >= 15 is 0 Å². The van der Waals surface area contributed by atoms with E-state index < -0.39 is 30.2 Å². The fourth-order valence-corrected chi connectivity index (χ4v) is 1.62. The summed E-state index contributed by atoms with van der Waals surface area (Å²) in [5.41, 5.74) is -0.193. The van der Waals surface area contributed by atoms with E-state index in [9.17, 15) is 18.4 Å². The number of amides is 2. The third-order valence-electron chi connectivity index (χ3n) is 2.60. The van der Waals surface area contributed by atoms with Crippen molar-refractivity contribution < 1.29 is 23.5 Å². The van der Waals surface area contributed by atoms with E-state index in [0.717, 1.165) is 17.0 Å². The Kier molecular flexibility index (Phi) is 5.42. The van der Waals surface area contributed by atoms with Gasteiger partial charge in [-0.25, -0.2) is 13.6 Å². The van der Waals surface area contributed by atoms with Gasteiger partial charge in [-0.05, 0) is 25.0 Å². The van der Waals surface area contributed by atoms with E-state index in [1.165, 1.54) is 6.92 Å². The molecule has 0 unspecified atom stereocenters. The highest BCUT2D eigenvalue weighted by atomic mass is 19.1. The molecule has 7 heteroatoms. The van der Waals surface area contributed by atoms with Crippen molar-refractivity contribution >= 4 is 17.7 Å². The van der Waals surface area contributed by atoms with Crippen molar-refractivity contribution in [3.05, 3.63) is 29.3 Å². The number of carbonyl (C=O) groups excluding carboxylic acids is 1. The number of rotatable bonds is 5. The molecule has 0 saturated heterocycles. The number of aliphatic carboxylic acids is 1. The van der Waals surface area contributed by atoms with Crippen molar-refractivity contribution in [2.75, 3.05) is 18.4 Å². The second-order valence-electron chi connectivity index (χ2n) is 4.33. The predicted molar refractivity (Wildman–Crippen MR) is 69.6 cm³/mol. The van der Waals surface area contributed by atoms with Crippen LogP contribution >= 0.6 is 0 Å².